The zero-order valence-electron chi connectivity index (χ0n) is 17.3. The predicted octanol–water partition coefficient (Wildman–Crippen LogP) is 3.08. The van der Waals surface area contributed by atoms with E-state index in [9.17, 15) is 4.39 Å². The SMILES string of the molecule is CCNC(=NCC(C)Oc1ccc(F)cc1)N1CCC(OCCCOC)CC1. The second-order valence-corrected chi connectivity index (χ2v) is 6.98. The van der Waals surface area contributed by atoms with Gasteiger partial charge in [-0.15, -0.1) is 0 Å². The maximum atomic E-state index is 13.0. The van der Waals surface area contributed by atoms with E-state index >= 15 is 0 Å². The van der Waals surface area contributed by atoms with E-state index < -0.39 is 0 Å². The van der Waals surface area contributed by atoms with Gasteiger partial charge in [0.25, 0.3) is 0 Å². The summed E-state index contributed by atoms with van der Waals surface area (Å²) >= 11 is 0. The lowest BCUT2D eigenvalue weighted by Gasteiger charge is -2.34. The van der Waals surface area contributed by atoms with E-state index in [4.69, 9.17) is 19.2 Å². The summed E-state index contributed by atoms with van der Waals surface area (Å²) in [4.78, 5) is 7.02. The molecule has 0 radical (unpaired) electrons. The summed E-state index contributed by atoms with van der Waals surface area (Å²) in [5.41, 5.74) is 0. The number of nitrogens with one attached hydrogen (secondary N) is 1. The van der Waals surface area contributed by atoms with Gasteiger partial charge in [0.2, 0.25) is 0 Å². The molecule has 1 aliphatic heterocycles. The van der Waals surface area contributed by atoms with Crippen molar-refractivity contribution in [2.45, 2.75) is 45.3 Å². The summed E-state index contributed by atoms with van der Waals surface area (Å²) in [6.45, 7) is 8.74. The summed E-state index contributed by atoms with van der Waals surface area (Å²) in [6, 6.07) is 6.07. The normalized spacial score (nSPS) is 16.9. The van der Waals surface area contributed by atoms with Gasteiger partial charge in [-0.25, -0.2) is 9.38 Å². The Bertz CT molecular complexity index is 575. The number of benzene rings is 1. The molecule has 1 N–H and O–H groups in total. The number of hydrogen-bond acceptors (Lipinski definition) is 4. The minimum absolute atomic E-state index is 0.0965. The van der Waals surface area contributed by atoms with Gasteiger partial charge in [0.1, 0.15) is 17.7 Å². The molecule has 28 heavy (non-hydrogen) atoms. The second kappa shape index (κ2) is 12.6. The molecule has 1 fully saturated rings. The molecule has 1 aliphatic rings. The predicted molar refractivity (Wildman–Crippen MR) is 110 cm³/mol. The van der Waals surface area contributed by atoms with Crippen molar-refractivity contribution in [3.8, 4) is 5.75 Å². The van der Waals surface area contributed by atoms with Crippen molar-refractivity contribution in [1.82, 2.24) is 10.2 Å². The minimum Gasteiger partial charge on any atom is -0.489 e. The zero-order valence-corrected chi connectivity index (χ0v) is 17.3. The fourth-order valence-electron chi connectivity index (χ4n) is 3.11. The third-order valence-electron chi connectivity index (χ3n) is 4.57. The first kappa shape index (κ1) is 22.4. The number of hydrogen-bond donors (Lipinski definition) is 1. The van der Waals surface area contributed by atoms with Crippen LogP contribution in [0.1, 0.15) is 33.1 Å². The first-order valence-corrected chi connectivity index (χ1v) is 10.2. The third-order valence-corrected chi connectivity index (χ3v) is 4.57. The number of nitrogens with zero attached hydrogens (tertiary/aromatic N) is 2. The smallest absolute Gasteiger partial charge is 0.194 e. The molecule has 2 rings (SSSR count). The highest BCUT2D eigenvalue weighted by Crippen LogP contribution is 2.15. The second-order valence-electron chi connectivity index (χ2n) is 6.98. The van der Waals surface area contributed by atoms with Gasteiger partial charge in [0.05, 0.1) is 12.6 Å². The minimum atomic E-state index is -0.265. The molecule has 1 aromatic rings. The molecule has 0 aromatic heterocycles. The maximum Gasteiger partial charge on any atom is 0.194 e. The van der Waals surface area contributed by atoms with Gasteiger partial charge >= 0.3 is 0 Å². The van der Waals surface area contributed by atoms with Crippen LogP contribution in [0.3, 0.4) is 0 Å². The summed E-state index contributed by atoms with van der Waals surface area (Å²) in [6.07, 6.45) is 3.16. The molecule has 0 spiro atoms. The number of methoxy groups -OCH3 is 1. The van der Waals surface area contributed by atoms with Crippen molar-refractivity contribution < 1.29 is 18.6 Å². The van der Waals surface area contributed by atoms with Crippen molar-refractivity contribution >= 4 is 5.96 Å². The van der Waals surface area contributed by atoms with E-state index in [1.165, 1.54) is 12.1 Å². The molecule has 0 saturated carbocycles. The van der Waals surface area contributed by atoms with Crippen LogP contribution in [-0.2, 0) is 9.47 Å². The molecular formula is C21H34FN3O3. The largest absolute Gasteiger partial charge is 0.489 e. The lowest BCUT2D eigenvalue weighted by atomic mass is 10.1. The lowest BCUT2D eigenvalue weighted by molar-refractivity contribution is 0.00988. The molecular weight excluding hydrogens is 361 g/mol. The number of halogens is 1. The van der Waals surface area contributed by atoms with E-state index in [0.717, 1.165) is 58.1 Å². The van der Waals surface area contributed by atoms with Crippen molar-refractivity contribution in [2.75, 3.05) is 46.5 Å². The Morgan fingerprint density at radius 1 is 1.25 bits per heavy atom. The van der Waals surface area contributed by atoms with Gasteiger partial charge in [0.15, 0.2) is 5.96 Å². The Morgan fingerprint density at radius 3 is 2.61 bits per heavy atom. The van der Waals surface area contributed by atoms with Crippen molar-refractivity contribution in [3.05, 3.63) is 30.1 Å². The fourth-order valence-corrected chi connectivity index (χ4v) is 3.11. The van der Waals surface area contributed by atoms with Crippen LogP contribution in [-0.4, -0.2) is 69.6 Å². The van der Waals surface area contributed by atoms with Crippen LogP contribution in [0.25, 0.3) is 0 Å². The third kappa shape index (κ3) is 8.02. The molecule has 0 amide bonds. The first-order valence-electron chi connectivity index (χ1n) is 10.2. The lowest BCUT2D eigenvalue weighted by Crippen LogP contribution is -2.47. The highest BCUT2D eigenvalue weighted by atomic mass is 19.1. The van der Waals surface area contributed by atoms with Crippen molar-refractivity contribution in [1.29, 1.82) is 0 Å². The fraction of sp³-hybridized carbons (Fsp3) is 0.667. The molecule has 7 heteroatoms. The van der Waals surface area contributed by atoms with E-state index in [-0.39, 0.29) is 11.9 Å². The summed E-state index contributed by atoms with van der Waals surface area (Å²) in [5, 5.41) is 3.37. The zero-order chi connectivity index (χ0) is 20.2. The van der Waals surface area contributed by atoms with Crippen LogP contribution >= 0.6 is 0 Å². The van der Waals surface area contributed by atoms with Gasteiger partial charge in [0, 0.05) is 40.0 Å². The Labute approximate surface area is 168 Å². The van der Waals surface area contributed by atoms with Crippen LogP contribution in [0.4, 0.5) is 4.39 Å². The first-order chi connectivity index (χ1) is 13.6. The van der Waals surface area contributed by atoms with Gasteiger partial charge in [-0.2, -0.15) is 0 Å². The van der Waals surface area contributed by atoms with Gasteiger partial charge in [-0.1, -0.05) is 0 Å². The van der Waals surface area contributed by atoms with Crippen LogP contribution in [0.2, 0.25) is 0 Å². The van der Waals surface area contributed by atoms with E-state index in [1.54, 1.807) is 19.2 Å². The summed E-state index contributed by atoms with van der Waals surface area (Å²) in [7, 11) is 1.71. The molecule has 158 valence electrons. The molecule has 0 aliphatic carbocycles. The Morgan fingerprint density at radius 2 is 1.96 bits per heavy atom. The highest BCUT2D eigenvalue weighted by molar-refractivity contribution is 5.80. The molecule has 1 heterocycles. The van der Waals surface area contributed by atoms with E-state index in [0.29, 0.717) is 18.4 Å². The molecule has 1 unspecified atom stereocenters. The number of aliphatic imine (C=N–C) groups is 1. The number of rotatable bonds is 10. The maximum absolute atomic E-state index is 13.0. The average Bonchev–Trinajstić information content (AvgIpc) is 2.71. The van der Waals surface area contributed by atoms with E-state index in [1.807, 2.05) is 6.92 Å². The highest BCUT2D eigenvalue weighted by Gasteiger charge is 2.22. The van der Waals surface area contributed by atoms with Gasteiger partial charge in [-0.3, -0.25) is 0 Å². The standard InChI is InChI=1S/C21H34FN3O3/c1-4-23-21(24-16-17(2)28-20-8-6-18(22)7-9-20)25-12-10-19(11-13-25)27-15-5-14-26-3/h6-9,17,19H,4-5,10-16H2,1-3H3,(H,23,24). The molecule has 1 saturated heterocycles. The number of guanidine groups is 1. The van der Waals surface area contributed by atoms with Gasteiger partial charge in [-0.05, 0) is 57.4 Å². The summed E-state index contributed by atoms with van der Waals surface area (Å²) < 4.78 is 29.8. The van der Waals surface area contributed by atoms with Crippen LogP contribution in [0.15, 0.2) is 29.3 Å². The molecule has 1 aromatic carbocycles. The van der Waals surface area contributed by atoms with Crippen molar-refractivity contribution in [2.24, 2.45) is 4.99 Å². The van der Waals surface area contributed by atoms with Crippen LogP contribution in [0, 0.1) is 5.82 Å². The molecule has 6 nitrogen and oxygen atoms in total. The summed E-state index contributed by atoms with van der Waals surface area (Å²) in [5.74, 6) is 1.30. The number of likely N-dealkylation sites (tertiary alicyclic amines) is 1. The Kier molecular flexibility index (Phi) is 10.1. The van der Waals surface area contributed by atoms with Crippen LogP contribution in [0.5, 0.6) is 5.75 Å². The quantitative estimate of drug-likeness (QED) is 0.375. The monoisotopic (exact) mass is 395 g/mol. The van der Waals surface area contributed by atoms with Gasteiger partial charge < -0.3 is 24.4 Å². The average molecular weight is 396 g/mol. The Hall–Kier alpha value is -1.86. The van der Waals surface area contributed by atoms with Crippen molar-refractivity contribution in [3.63, 3.8) is 0 Å². The Balaban J connectivity index is 1.79. The molecule has 0 bridgehead atoms. The van der Waals surface area contributed by atoms with E-state index in [2.05, 4.69) is 17.1 Å². The number of piperidine rings is 1. The molecule has 1 atom stereocenters. The topological polar surface area (TPSA) is 55.3 Å². The number of ether oxygens (including phenoxy) is 3. The van der Waals surface area contributed by atoms with Crippen LogP contribution < -0.4 is 10.1 Å².